The van der Waals surface area contributed by atoms with Gasteiger partial charge in [0.1, 0.15) is 0 Å². The quantitative estimate of drug-likeness (QED) is 0.679. The summed E-state index contributed by atoms with van der Waals surface area (Å²) in [6.45, 7) is 9.28. The molecule has 0 radical (unpaired) electrons. The summed E-state index contributed by atoms with van der Waals surface area (Å²) in [5, 5.41) is 0. The minimum Gasteiger partial charge on any atom is -0.307 e. The summed E-state index contributed by atoms with van der Waals surface area (Å²) in [5.41, 5.74) is 0. The first-order valence-corrected chi connectivity index (χ1v) is 5.57. The van der Waals surface area contributed by atoms with Crippen LogP contribution in [0.1, 0.15) is 40.5 Å². The minimum absolute atomic E-state index is 0. The summed E-state index contributed by atoms with van der Waals surface area (Å²) in [4.78, 5) is 4.64. The Balaban J connectivity index is 0. The second-order valence-electron chi connectivity index (χ2n) is 3.85. The van der Waals surface area contributed by atoms with Gasteiger partial charge in [-0.05, 0) is 53.1 Å². The lowest BCUT2D eigenvalue weighted by Gasteiger charge is -2.20. The van der Waals surface area contributed by atoms with Gasteiger partial charge >= 0.3 is 0 Å². The second-order valence-corrected chi connectivity index (χ2v) is 3.85. The molecule has 1 aliphatic rings. The summed E-state index contributed by atoms with van der Waals surface area (Å²) in [5.74, 6) is 0. The van der Waals surface area contributed by atoms with Gasteiger partial charge in [0.05, 0.1) is 0 Å². The van der Waals surface area contributed by atoms with E-state index >= 15 is 0 Å². The van der Waals surface area contributed by atoms with E-state index < -0.39 is 0 Å². The fraction of sp³-hybridized carbons (Fsp3) is 1.00. The summed E-state index contributed by atoms with van der Waals surface area (Å²) < 4.78 is 0. The molecule has 0 unspecified atom stereocenters. The second kappa shape index (κ2) is 11.0. The van der Waals surface area contributed by atoms with Gasteiger partial charge in [0, 0.05) is 0 Å². The van der Waals surface area contributed by atoms with Gasteiger partial charge in [0.15, 0.2) is 0 Å². The Morgan fingerprint density at radius 2 is 1.43 bits per heavy atom. The maximum atomic E-state index is 2.39. The van der Waals surface area contributed by atoms with E-state index in [2.05, 4.69) is 37.7 Å². The highest BCUT2D eigenvalue weighted by Crippen LogP contribution is 2.04. The average molecular weight is 202 g/mol. The Bertz CT molecular complexity index is 94.5. The zero-order valence-electron chi connectivity index (χ0n) is 9.84. The van der Waals surface area contributed by atoms with Crippen LogP contribution in [0.25, 0.3) is 0 Å². The van der Waals surface area contributed by atoms with Crippen molar-refractivity contribution in [3.05, 3.63) is 0 Å². The maximum absolute atomic E-state index is 2.39. The van der Waals surface area contributed by atoms with Crippen molar-refractivity contribution in [2.75, 3.05) is 40.3 Å². The fourth-order valence-corrected chi connectivity index (χ4v) is 1.28. The van der Waals surface area contributed by atoms with Crippen LogP contribution < -0.4 is 0 Å². The Kier molecular flexibility index (Phi) is 12.8. The molecular formula is C12H30N2. The molecule has 0 amide bonds. The molecule has 0 aromatic rings. The van der Waals surface area contributed by atoms with Gasteiger partial charge < -0.3 is 9.80 Å². The first-order chi connectivity index (χ1) is 6.20. The Hall–Kier alpha value is -0.0800. The van der Waals surface area contributed by atoms with E-state index in [4.69, 9.17) is 0 Å². The fourth-order valence-electron chi connectivity index (χ4n) is 1.28. The molecule has 88 valence electrons. The van der Waals surface area contributed by atoms with E-state index in [0.29, 0.717) is 0 Å². The smallest absolute Gasteiger partial charge is 0.00218 e. The van der Waals surface area contributed by atoms with Crippen molar-refractivity contribution in [3.63, 3.8) is 0 Å². The van der Waals surface area contributed by atoms with Crippen molar-refractivity contribution >= 4 is 0 Å². The van der Waals surface area contributed by atoms with E-state index in [1.807, 2.05) is 0 Å². The number of likely N-dealkylation sites (tertiary alicyclic amines) is 1. The van der Waals surface area contributed by atoms with Gasteiger partial charge in [-0.1, -0.05) is 27.7 Å². The number of piperidine rings is 1. The van der Waals surface area contributed by atoms with Crippen molar-refractivity contribution in [2.24, 2.45) is 0 Å². The molecule has 1 saturated heterocycles. The molecule has 0 aromatic heterocycles. The molecule has 0 aromatic carbocycles. The van der Waals surface area contributed by atoms with Crippen LogP contribution in [0.15, 0.2) is 0 Å². The molecule has 0 saturated carbocycles. The molecule has 0 atom stereocenters. The third-order valence-electron chi connectivity index (χ3n) is 2.66. The molecule has 1 rings (SSSR count). The highest BCUT2D eigenvalue weighted by molar-refractivity contribution is 4.58. The zero-order valence-corrected chi connectivity index (χ0v) is 9.84. The van der Waals surface area contributed by atoms with Crippen molar-refractivity contribution in [2.45, 2.75) is 40.5 Å². The van der Waals surface area contributed by atoms with Crippen LogP contribution in [0.3, 0.4) is 0 Å². The standard InChI is InChI=1S/C6H13N.C5H13N.CH4/c1-7-5-3-2-4-6-7;1-4-6(3)5-2;/h2-6H2,1H3;4-5H2,1-3H3;1H4. The normalized spacial score (nSPS) is 16.9. The van der Waals surface area contributed by atoms with Crippen molar-refractivity contribution in [3.8, 4) is 0 Å². The van der Waals surface area contributed by atoms with Gasteiger partial charge in [0.2, 0.25) is 0 Å². The topological polar surface area (TPSA) is 6.48 Å². The number of nitrogens with zero attached hydrogens (tertiary/aromatic N) is 2. The highest BCUT2D eigenvalue weighted by atomic mass is 15.1. The molecule has 2 heteroatoms. The van der Waals surface area contributed by atoms with E-state index in [1.165, 1.54) is 32.4 Å². The van der Waals surface area contributed by atoms with E-state index in [-0.39, 0.29) is 7.43 Å². The Morgan fingerprint density at radius 1 is 1.00 bits per heavy atom. The van der Waals surface area contributed by atoms with Gasteiger partial charge in [-0.3, -0.25) is 0 Å². The average Bonchev–Trinajstić information content (AvgIpc) is 2.19. The van der Waals surface area contributed by atoms with Crippen LogP contribution in [-0.4, -0.2) is 50.1 Å². The van der Waals surface area contributed by atoms with Crippen molar-refractivity contribution in [1.29, 1.82) is 0 Å². The number of hydrogen-bond donors (Lipinski definition) is 0. The van der Waals surface area contributed by atoms with E-state index in [1.54, 1.807) is 0 Å². The van der Waals surface area contributed by atoms with Crippen molar-refractivity contribution in [1.82, 2.24) is 9.80 Å². The summed E-state index contributed by atoms with van der Waals surface area (Å²) in [6.07, 6.45) is 4.28. The van der Waals surface area contributed by atoms with Gasteiger partial charge in [-0.2, -0.15) is 0 Å². The Morgan fingerprint density at radius 3 is 1.57 bits per heavy atom. The van der Waals surface area contributed by atoms with E-state index in [9.17, 15) is 0 Å². The Labute approximate surface area is 91.3 Å². The molecule has 2 nitrogen and oxygen atoms in total. The summed E-state index contributed by atoms with van der Waals surface area (Å²) >= 11 is 0. The third kappa shape index (κ3) is 10.0. The van der Waals surface area contributed by atoms with Gasteiger partial charge in [-0.25, -0.2) is 0 Å². The van der Waals surface area contributed by atoms with Crippen LogP contribution >= 0.6 is 0 Å². The molecule has 14 heavy (non-hydrogen) atoms. The van der Waals surface area contributed by atoms with Gasteiger partial charge in [0.25, 0.3) is 0 Å². The largest absolute Gasteiger partial charge is 0.307 e. The summed E-state index contributed by atoms with van der Waals surface area (Å²) in [7, 11) is 4.30. The van der Waals surface area contributed by atoms with Crippen LogP contribution in [0, 0.1) is 0 Å². The first kappa shape index (κ1) is 16.4. The first-order valence-electron chi connectivity index (χ1n) is 5.57. The third-order valence-corrected chi connectivity index (χ3v) is 2.66. The van der Waals surface area contributed by atoms with Crippen LogP contribution in [-0.2, 0) is 0 Å². The lowest BCUT2D eigenvalue weighted by molar-refractivity contribution is 0.277. The molecule has 1 heterocycles. The molecule has 0 spiro atoms. The molecule has 0 aliphatic carbocycles. The lowest BCUT2D eigenvalue weighted by atomic mass is 10.1. The lowest BCUT2D eigenvalue weighted by Crippen LogP contribution is -2.24. The monoisotopic (exact) mass is 202 g/mol. The van der Waals surface area contributed by atoms with Gasteiger partial charge in [-0.15, -0.1) is 0 Å². The van der Waals surface area contributed by atoms with Crippen molar-refractivity contribution < 1.29 is 0 Å². The SMILES string of the molecule is C.CCN(C)CC.CN1CCCCC1. The maximum Gasteiger partial charge on any atom is -0.00218 e. The number of rotatable bonds is 2. The number of hydrogen-bond acceptors (Lipinski definition) is 2. The molecule has 1 fully saturated rings. The highest BCUT2D eigenvalue weighted by Gasteiger charge is 2.02. The zero-order chi connectivity index (χ0) is 10.1. The molecule has 0 N–H and O–H groups in total. The molecular weight excluding hydrogens is 172 g/mol. The summed E-state index contributed by atoms with van der Waals surface area (Å²) in [6, 6.07) is 0. The van der Waals surface area contributed by atoms with E-state index in [0.717, 1.165) is 13.1 Å². The van der Waals surface area contributed by atoms with Crippen LogP contribution in [0.5, 0.6) is 0 Å². The molecule has 1 aliphatic heterocycles. The molecule has 0 bridgehead atoms. The predicted octanol–water partition coefficient (Wildman–Crippen LogP) is 2.70. The predicted molar refractivity (Wildman–Crippen MR) is 66.9 cm³/mol. The van der Waals surface area contributed by atoms with Crippen LogP contribution in [0.2, 0.25) is 0 Å². The minimum atomic E-state index is 0. The van der Waals surface area contributed by atoms with Crippen LogP contribution in [0.4, 0.5) is 0 Å².